The lowest BCUT2D eigenvalue weighted by atomic mass is 10.2. The number of halogens is 2. The largest absolute Gasteiger partial charge is 0.293 e. The number of amides is 2. The summed E-state index contributed by atoms with van der Waals surface area (Å²) >= 11 is 10.2. The van der Waals surface area contributed by atoms with Gasteiger partial charge in [-0.25, -0.2) is 0 Å². The van der Waals surface area contributed by atoms with Gasteiger partial charge in [0, 0.05) is 9.50 Å². The van der Waals surface area contributed by atoms with E-state index in [4.69, 9.17) is 11.6 Å². The molecule has 1 saturated heterocycles. The quantitative estimate of drug-likeness (QED) is 0.643. The van der Waals surface area contributed by atoms with Crippen molar-refractivity contribution in [3.63, 3.8) is 0 Å². The second kappa shape index (κ2) is 6.91. The summed E-state index contributed by atoms with van der Waals surface area (Å²) in [5.74, 6) is -0.272. The molecule has 2 amide bonds. The van der Waals surface area contributed by atoms with E-state index in [1.807, 2.05) is 36.4 Å². The molecule has 1 aliphatic rings. The predicted octanol–water partition coefficient (Wildman–Crippen LogP) is 5.34. The minimum Gasteiger partial charge on any atom is -0.268 e. The van der Waals surface area contributed by atoms with Crippen molar-refractivity contribution < 1.29 is 9.59 Å². The molecule has 0 atom stereocenters. The van der Waals surface area contributed by atoms with Gasteiger partial charge >= 0.3 is 0 Å². The van der Waals surface area contributed by atoms with E-state index in [9.17, 15) is 9.59 Å². The number of thioether (sulfide) groups is 1. The topological polar surface area (TPSA) is 37.4 Å². The first-order chi connectivity index (χ1) is 11.0. The molecule has 0 radical (unpaired) electrons. The van der Waals surface area contributed by atoms with Crippen molar-refractivity contribution in [2.45, 2.75) is 6.54 Å². The maximum absolute atomic E-state index is 12.5. The van der Waals surface area contributed by atoms with Crippen molar-refractivity contribution in [1.29, 1.82) is 0 Å². The second-order valence-electron chi connectivity index (χ2n) is 4.91. The van der Waals surface area contributed by atoms with Crippen LogP contribution in [0.2, 0.25) is 5.02 Å². The lowest BCUT2D eigenvalue weighted by Crippen LogP contribution is -2.27. The minimum absolute atomic E-state index is 0.254. The van der Waals surface area contributed by atoms with Gasteiger partial charge in [-0.3, -0.25) is 14.5 Å². The fourth-order valence-corrected chi connectivity index (χ4v) is 3.52. The number of hydrogen-bond donors (Lipinski definition) is 0. The number of hydrogen-bond acceptors (Lipinski definition) is 3. The molecule has 6 heteroatoms. The summed E-state index contributed by atoms with van der Waals surface area (Å²) in [7, 11) is 0. The van der Waals surface area contributed by atoms with Crippen LogP contribution in [0.15, 0.2) is 57.9 Å². The zero-order chi connectivity index (χ0) is 16.4. The van der Waals surface area contributed by atoms with Crippen molar-refractivity contribution >= 4 is 56.5 Å². The highest BCUT2D eigenvalue weighted by Crippen LogP contribution is 2.34. The molecule has 0 N–H and O–H groups in total. The van der Waals surface area contributed by atoms with Crippen LogP contribution in [0.1, 0.15) is 11.1 Å². The van der Waals surface area contributed by atoms with E-state index < -0.39 is 0 Å². The van der Waals surface area contributed by atoms with Gasteiger partial charge < -0.3 is 0 Å². The van der Waals surface area contributed by atoms with Gasteiger partial charge in [-0.05, 0) is 47.2 Å². The Hall–Kier alpha value is -1.56. The Bertz CT molecular complexity index is 804. The standard InChI is InChI=1S/C17H11BrClNO2S/c18-14-4-2-1-3-12(14)10-20-16(21)15(23-17(20)22)9-11-5-7-13(19)8-6-11/h1-9H,10H2/b15-9-. The molecule has 3 nitrogen and oxygen atoms in total. The highest BCUT2D eigenvalue weighted by molar-refractivity contribution is 9.10. The van der Waals surface area contributed by atoms with Gasteiger partial charge in [0.25, 0.3) is 11.1 Å². The van der Waals surface area contributed by atoms with Crippen LogP contribution in [0, 0.1) is 0 Å². The fourth-order valence-electron chi connectivity index (χ4n) is 2.14. The normalized spacial score (nSPS) is 16.4. The summed E-state index contributed by atoms with van der Waals surface area (Å²) in [6.45, 7) is 0.254. The summed E-state index contributed by atoms with van der Waals surface area (Å²) in [6.07, 6.45) is 1.71. The van der Waals surface area contributed by atoms with E-state index >= 15 is 0 Å². The Balaban J connectivity index is 1.82. The van der Waals surface area contributed by atoms with Crippen LogP contribution >= 0.6 is 39.3 Å². The van der Waals surface area contributed by atoms with Gasteiger partial charge in [-0.15, -0.1) is 0 Å². The van der Waals surface area contributed by atoms with Crippen molar-refractivity contribution in [3.05, 3.63) is 74.1 Å². The molecule has 116 valence electrons. The molecule has 0 bridgehead atoms. The van der Waals surface area contributed by atoms with E-state index in [1.54, 1.807) is 18.2 Å². The average Bonchev–Trinajstić information content (AvgIpc) is 2.79. The summed E-state index contributed by atoms with van der Waals surface area (Å²) in [5.41, 5.74) is 1.73. The first kappa shape index (κ1) is 16.3. The Morgan fingerprint density at radius 3 is 2.48 bits per heavy atom. The monoisotopic (exact) mass is 407 g/mol. The second-order valence-corrected chi connectivity index (χ2v) is 7.19. The zero-order valence-electron chi connectivity index (χ0n) is 11.8. The first-order valence-electron chi connectivity index (χ1n) is 6.79. The van der Waals surface area contributed by atoms with E-state index in [-0.39, 0.29) is 17.7 Å². The van der Waals surface area contributed by atoms with Gasteiger partial charge in [0.1, 0.15) is 0 Å². The molecule has 3 rings (SSSR count). The number of carbonyl (C=O) groups is 2. The summed E-state index contributed by atoms with van der Waals surface area (Å²) in [5, 5.41) is 0.371. The molecule has 1 aliphatic heterocycles. The third-order valence-corrected chi connectivity index (χ3v) is 5.26. The molecule has 0 aromatic heterocycles. The molecule has 0 aliphatic carbocycles. The summed E-state index contributed by atoms with van der Waals surface area (Å²) in [6, 6.07) is 14.7. The third-order valence-electron chi connectivity index (χ3n) is 3.33. The van der Waals surface area contributed by atoms with Crippen molar-refractivity contribution in [2.24, 2.45) is 0 Å². The highest BCUT2D eigenvalue weighted by atomic mass is 79.9. The SMILES string of the molecule is O=C1S/C(=C\c2ccc(Cl)cc2)C(=O)N1Cc1ccccc1Br. The highest BCUT2D eigenvalue weighted by Gasteiger charge is 2.35. The van der Waals surface area contributed by atoms with E-state index in [0.717, 1.165) is 27.4 Å². The van der Waals surface area contributed by atoms with E-state index in [2.05, 4.69) is 15.9 Å². The third kappa shape index (κ3) is 3.68. The Morgan fingerprint density at radius 1 is 1.09 bits per heavy atom. The molecule has 2 aromatic rings. The molecular formula is C17H11BrClNO2S. The molecule has 23 heavy (non-hydrogen) atoms. The van der Waals surface area contributed by atoms with Crippen molar-refractivity contribution in [1.82, 2.24) is 4.90 Å². The van der Waals surface area contributed by atoms with Crippen LogP contribution in [-0.4, -0.2) is 16.0 Å². The van der Waals surface area contributed by atoms with Gasteiger partial charge in [0.15, 0.2) is 0 Å². The van der Waals surface area contributed by atoms with Crippen LogP contribution in [0.4, 0.5) is 4.79 Å². The predicted molar refractivity (Wildman–Crippen MR) is 97.1 cm³/mol. The first-order valence-corrected chi connectivity index (χ1v) is 8.77. The number of benzene rings is 2. The Morgan fingerprint density at radius 2 is 1.78 bits per heavy atom. The van der Waals surface area contributed by atoms with Crippen LogP contribution in [0.3, 0.4) is 0 Å². The number of carbonyl (C=O) groups excluding carboxylic acids is 2. The molecule has 2 aromatic carbocycles. The van der Waals surface area contributed by atoms with Crippen LogP contribution in [0.25, 0.3) is 6.08 Å². The minimum atomic E-state index is -0.272. The smallest absolute Gasteiger partial charge is 0.268 e. The van der Waals surface area contributed by atoms with Crippen molar-refractivity contribution in [3.8, 4) is 0 Å². The fraction of sp³-hybridized carbons (Fsp3) is 0.0588. The number of rotatable bonds is 3. The maximum Gasteiger partial charge on any atom is 0.293 e. The Labute approximate surface area is 151 Å². The maximum atomic E-state index is 12.5. The zero-order valence-corrected chi connectivity index (χ0v) is 15.0. The lowest BCUT2D eigenvalue weighted by Gasteiger charge is -2.13. The molecule has 1 fully saturated rings. The summed E-state index contributed by atoms with van der Waals surface area (Å²) in [4.78, 5) is 26.3. The van der Waals surface area contributed by atoms with Gasteiger partial charge in [0.2, 0.25) is 0 Å². The van der Waals surface area contributed by atoms with Crippen LogP contribution in [-0.2, 0) is 11.3 Å². The molecular weight excluding hydrogens is 398 g/mol. The molecule has 0 spiro atoms. The summed E-state index contributed by atoms with van der Waals surface area (Å²) < 4.78 is 0.876. The van der Waals surface area contributed by atoms with Gasteiger partial charge in [-0.1, -0.05) is 57.9 Å². The van der Waals surface area contributed by atoms with Gasteiger partial charge in [0.05, 0.1) is 11.4 Å². The molecule has 0 unspecified atom stereocenters. The van der Waals surface area contributed by atoms with Gasteiger partial charge in [-0.2, -0.15) is 0 Å². The van der Waals surface area contributed by atoms with E-state index in [0.29, 0.717) is 9.93 Å². The lowest BCUT2D eigenvalue weighted by molar-refractivity contribution is -0.123. The molecule has 0 saturated carbocycles. The number of nitrogens with zero attached hydrogens (tertiary/aromatic N) is 1. The van der Waals surface area contributed by atoms with Crippen LogP contribution in [0.5, 0.6) is 0 Å². The number of imide groups is 1. The van der Waals surface area contributed by atoms with Crippen molar-refractivity contribution in [2.75, 3.05) is 0 Å². The van der Waals surface area contributed by atoms with Crippen LogP contribution < -0.4 is 0 Å². The molecule has 1 heterocycles. The average molecular weight is 409 g/mol. The Kier molecular flexibility index (Phi) is 4.90. The van der Waals surface area contributed by atoms with E-state index in [1.165, 1.54) is 4.90 Å².